The lowest BCUT2D eigenvalue weighted by Crippen LogP contribution is -2.24. The van der Waals surface area contributed by atoms with E-state index in [0.717, 1.165) is 26.1 Å². The van der Waals surface area contributed by atoms with Gasteiger partial charge in [-0.3, -0.25) is 0 Å². The summed E-state index contributed by atoms with van der Waals surface area (Å²) < 4.78 is 1.51. The van der Waals surface area contributed by atoms with Crippen molar-refractivity contribution in [3.05, 3.63) is 12.7 Å². The van der Waals surface area contributed by atoms with Crippen molar-refractivity contribution in [2.24, 2.45) is 5.92 Å². The Morgan fingerprint density at radius 3 is 2.86 bits per heavy atom. The molecule has 0 amide bonds. The molecule has 1 fully saturated rings. The second-order valence-corrected chi connectivity index (χ2v) is 4.91. The predicted molar refractivity (Wildman–Crippen MR) is 76.3 cm³/mol. The van der Waals surface area contributed by atoms with Crippen molar-refractivity contribution in [3.8, 4) is 5.95 Å². The highest BCUT2D eigenvalue weighted by Crippen LogP contribution is 2.21. The Hall–Kier alpha value is -2.29. The molecule has 0 bridgehead atoms. The molecule has 2 aromatic rings. The molecule has 1 saturated heterocycles. The Balaban J connectivity index is 1.92. The van der Waals surface area contributed by atoms with Crippen molar-refractivity contribution in [2.75, 3.05) is 36.5 Å². The van der Waals surface area contributed by atoms with Crippen LogP contribution in [0.5, 0.6) is 0 Å². The third kappa shape index (κ3) is 2.92. The van der Waals surface area contributed by atoms with Gasteiger partial charge < -0.3 is 15.3 Å². The smallest absolute Gasteiger partial charge is 0.258 e. The zero-order valence-corrected chi connectivity index (χ0v) is 11.8. The van der Waals surface area contributed by atoms with E-state index in [2.05, 4.69) is 35.3 Å². The number of aliphatic hydroxyl groups is 1. The first-order valence-electron chi connectivity index (χ1n) is 7.01. The van der Waals surface area contributed by atoms with Gasteiger partial charge in [-0.2, -0.15) is 24.7 Å². The molecular formula is C12H18N8O. The molecule has 0 radical (unpaired) electrons. The fourth-order valence-electron chi connectivity index (χ4n) is 2.31. The fraction of sp³-hybridized carbons (Fsp3) is 0.583. The minimum atomic E-state index is 0.192. The van der Waals surface area contributed by atoms with Crippen molar-refractivity contribution in [1.29, 1.82) is 0 Å². The number of anilines is 2. The van der Waals surface area contributed by atoms with Gasteiger partial charge in [-0.1, -0.05) is 0 Å². The van der Waals surface area contributed by atoms with E-state index in [9.17, 15) is 5.11 Å². The van der Waals surface area contributed by atoms with E-state index in [1.54, 1.807) is 6.33 Å². The predicted octanol–water partition coefficient (Wildman–Crippen LogP) is -0.297. The molecule has 1 aliphatic heterocycles. The average Bonchev–Trinajstić information content (AvgIpc) is 3.19. The highest BCUT2D eigenvalue weighted by Gasteiger charge is 2.25. The van der Waals surface area contributed by atoms with Crippen molar-refractivity contribution in [2.45, 2.75) is 13.3 Å². The van der Waals surface area contributed by atoms with Crippen LogP contribution in [0, 0.1) is 5.92 Å². The monoisotopic (exact) mass is 290 g/mol. The van der Waals surface area contributed by atoms with Crippen LogP contribution in [0.2, 0.25) is 0 Å². The number of hydrogen-bond donors (Lipinski definition) is 2. The minimum Gasteiger partial charge on any atom is -0.396 e. The van der Waals surface area contributed by atoms with Crippen LogP contribution in [0.3, 0.4) is 0 Å². The van der Waals surface area contributed by atoms with Crippen molar-refractivity contribution in [1.82, 2.24) is 29.7 Å². The first kappa shape index (κ1) is 13.7. The van der Waals surface area contributed by atoms with Gasteiger partial charge >= 0.3 is 0 Å². The summed E-state index contributed by atoms with van der Waals surface area (Å²) in [7, 11) is 0. The molecule has 21 heavy (non-hydrogen) atoms. The number of nitrogens with one attached hydrogen (secondary N) is 1. The van der Waals surface area contributed by atoms with Gasteiger partial charge in [0, 0.05) is 32.2 Å². The largest absolute Gasteiger partial charge is 0.396 e. The van der Waals surface area contributed by atoms with E-state index >= 15 is 0 Å². The summed E-state index contributed by atoms with van der Waals surface area (Å²) in [5.74, 6) is 1.82. The van der Waals surface area contributed by atoms with Gasteiger partial charge in [0.1, 0.15) is 12.7 Å². The lowest BCUT2D eigenvalue weighted by Gasteiger charge is -2.17. The normalized spacial score (nSPS) is 18.2. The summed E-state index contributed by atoms with van der Waals surface area (Å²) >= 11 is 0. The zero-order chi connectivity index (χ0) is 14.7. The topological polar surface area (TPSA) is 105 Å². The summed E-state index contributed by atoms with van der Waals surface area (Å²) in [4.78, 5) is 19.2. The average molecular weight is 290 g/mol. The Morgan fingerprint density at radius 1 is 1.33 bits per heavy atom. The van der Waals surface area contributed by atoms with Crippen LogP contribution in [0.1, 0.15) is 13.3 Å². The number of rotatable bonds is 5. The van der Waals surface area contributed by atoms with Gasteiger partial charge in [-0.05, 0) is 13.3 Å². The second kappa shape index (κ2) is 6.00. The summed E-state index contributed by atoms with van der Waals surface area (Å²) in [6.45, 7) is 4.48. The maximum Gasteiger partial charge on any atom is 0.258 e. The maximum atomic E-state index is 9.26. The van der Waals surface area contributed by atoms with Crippen LogP contribution in [-0.2, 0) is 0 Å². The number of aliphatic hydroxyl groups excluding tert-OH is 1. The Bertz CT molecular complexity index is 587. The standard InChI is InChI=1S/C12H18N8O/c1-2-14-10-16-11(19-4-3-9(5-19)6-21)18-12(17-10)20-8-13-7-15-20/h7-9,21H,2-6H2,1H3,(H,14,16,17,18). The highest BCUT2D eigenvalue weighted by atomic mass is 16.3. The summed E-state index contributed by atoms with van der Waals surface area (Å²) in [6, 6.07) is 0. The number of nitrogens with zero attached hydrogens (tertiary/aromatic N) is 7. The van der Waals surface area contributed by atoms with E-state index in [0.29, 0.717) is 17.8 Å². The van der Waals surface area contributed by atoms with Crippen LogP contribution in [-0.4, -0.2) is 61.1 Å². The van der Waals surface area contributed by atoms with Crippen molar-refractivity contribution >= 4 is 11.9 Å². The first-order valence-corrected chi connectivity index (χ1v) is 7.01. The van der Waals surface area contributed by atoms with Crippen LogP contribution in [0.4, 0.5) is 11.9 Å². The van der Waals surface area contributed by atoms with Gasteiger partial charge in [0.25, 0.3) is 5.95 Å². The Kier molecular flexibility index (Phi) is 3.91. The fourth-order valence-corrected chi connectivity index (χ4v) is 2.31. The molecule has 0 aromatic carbocycles. The van der Waals surface area contributed by atoms with Crippen LogP contribution >= 0.6 is 0 Å². The second-order valence-electron chi connectivity index (χ2n) is 4.91. The van der Waals surface area contributed by atoms with E-state index < -0.39 is 0 Å². The van der Waals surface area contributed by atoms with Crippen LogP contribution in [0.25, 0.3) is 5.95 Å². The van der Waals surface area contributed by atoms with E-state index in [4.69, 9.17) is 0 Å². The van der Waals surface area contributed by atoms with E-state index in [1.165, 1.54) is 11.0 Å². The molecule has 3 heterocycles. The molecule has 112 valence electrons. The van der Waals surface area contributed by atoms with E-state index in [-0.39, 0.29) is 12.5 Å². The van der Waals surface area contributed by atoms with Gasteiger partial charge in [0.05, 0.1) is 0 Å². The van der Waals surface area contributed by atoms with E-state index in [1.807, 2.05) is 6.92 Å². The molecule has 0 spiro atoms. The van der Waals surface area contributed by atoms with Gasteiger partial charge in [0.15, 0.2) is 0 Å². The summed E-state index contributed by atoms with van der Waals surface area (Å²) in [5, 5.41) is 16.4. The Morgan fingerprint density at radius 2 is 2.19 bits per heavy atom. The third-order valence-corrected chi connectivity index (χ3v) is 3.40. The third-order valence-electron chi connectivity index (χ3n) is 3.40. The molecule has 0 aliphatic carbocycles. The number of aromatic nitrogens is 6. The number of hydrogen-bond acceptors (Lipinski definition) is 8. The molecule has 1 unspecified atom stereocenters. The first-order chi connectivity index (χ1) is 10.3. The molecule has 2 N–H and O–H groups in total. The quantitative estimate of drug-likeness (QED) is 0.773. The summed E-state index contributed by atoms with van der Waals surface area (Å²) in [5.41, 5.74) is 0. The maximum absolute atomic E-state index is 9.26. The Labute approximate surface area is 122 Å². The molecule has 0 saturated carbocycles. The van der Waals surface area contributed by atoms with Gasteiger partial charge in [-0.15, -0.1) is 0 Å². The summed E-state index contributed by atoms with van der Waals surface area (Å²) in [6.07, 6.45) is 3.93. The lowest BCUT2D eigenvalue weighted by molar-refractivity contribution is 0.238. The molecule has 1 aliphatic rings. The van der Waals surface area contributed by atoms with Crippen molar-refractivity contribution in [3.63, 3.8) is 0 Å². The van der Waals surface area contributed by atoms with Crippen molar-refractivity contribution < 1.29 is 5.11 Å². The molecule has 9 heteroatoms. The van der Waals surface area contributed by atoms with Crippen LogP contribution in [0.15, 0.2) is 12.7 Å². The molecule has 3 rings (SSSR count). The zero-order valence-electron chi connectivity index (χ0n) is 11.8. The lowest BCUT2D eigenvalue weighted by atomic mass is 10.1. The molecule has 2 aromatic heterocycles. The molecule has 1 atom stereocenters. The minimum absolute atomic E-state index is 0.192. The highest BCUT2D eigenvalue weighted by molar-refractivity contribution is 5.40. The van der Waals surface area contributed by atoms with Gasteiger partial charge in [-0.25, -0.2) is 4.98 Å². The SMILES string of the molecule is CCNc1nc(N2CCC(CO)C2)nc(-n2cncn2)n1. The molecule has 9 nitrogen and oxygen atoms in total. The van der Waals surface area contributed by atoms with Crippen LogP contribution < -0.4 is 10.2 Å². The van der Waals surface area contributed by atoms with Gasteiger partial charge in [0.2, 0.25) is 11.9 Å². The molecular weight excluding hydrogens is 272 g/mol.